The third-order valence-electron chi connectivity index (χ3n) is 3.71. The summed E-state index contributed by atoms with van der Waals surface area (Å²) in [6.45, 7) is 3.98. The molecule has 74 valence electrons. The van der Waals surface area contributed by atoms with Crippen LogP contribution in [0, 0.1) is 0 Å². The Labute approximate surface area is 80.8 Å². The van der Waals surface area contributed by atoms with E-state index in [0.717, 1.165) is 19.1 Å². The first-order chi connectivity index (χ1) is 6.18. The number of rotatable bonds is 1. The molecule has 2 bridgehead atoms. The Morgan fingerprint density at radius 2 is 1.92 bits per heavy atom. The van der Waals surface area contributed by atoms with E-state index in [1.807, 2.05) is 6.82 Å². The molecular weight excluding hydrogens is 163 g/mol. The Morgan fingerprint density at radius 3 is 2.62 bits per heavy atom. The van der Waals surface area contributed by atoms with Crippen LogP contribution in [0.5, 0.6) is 0 Å². The number of nitrogens with zero attached hydrogens (tertiary/aromatic N) is 2. The Kier molecular flexibility index (Phi) is 2.63. The highest BCUT2D eigenvalue weighted by Gasteiger charge is 2.35. The normalized spacial score (nSPS) is 36.2. The minimum absolute atomic E-state index is 0.271. The minimum Gasteiger partial charge on any atom is -0.437 e. The Morgan fingerprint density at radius 1 is 1.23 bits per heavy atom. The summed E-state index contributed by atoms with van der Waals surface area (Å²) in [6, 6.07) is 1.45. The monoisotopic (exact) mass is 182 g/mol. The lowest BCUT2D eigenvalue weighted by Crippen LogP contribution is -2.43. The second-order valence-corrected chi connectivity index (χ2v) is 4.47. The summed E-state index contributed by atoms with van der Waals surface area (Å²) in [6.07, 6.45) is 3.89. The van der Waals surface area contributed by atoms with E-state index in [-0.39, 0.29) is 7.05 Å². The first-order valence-electron chi connectivity index (χ1n) is 5.32. The van der Waals surface area contributed by atoms with E-state index in [4.69, 9.17) is 0 Å². The maximum atomic E-state index is 9.52. The van der Waals surface area contributed by atoms with E-state index < -0.39 is 0 Å². The van der Waals surface area contributed by atoms with Gasteiger partial charge in [0.25, 0.3) is 0 Å². The highest BCUT2D eigenvalue weighted by Crippen LogP contribution is 2.28. The first kappa shape index (κ1) is 9.50. The number of fused-ring (bicyclic) bond motifs is 2. The first-order valence-corrected chi connectivity index (χ1v) is 5.32. The Bertz CT molecular complexity index is 188. The summed E-state index contributed by atoms with van der Waals surface area (Å²) in [5.74, 6) is 0. The van der Waals surface area contributed by atoms with Crippen molar-refractivity contribution in [2.45, 2.75) is 38.2 Å². The van der Waals surface area contributed by atoms with Gasteiger partial charge in [0.15, 0.2) is 0 Å². The maximum absolute atomic E-state index is 9.52. The van der Waals surface area contributed by atoms with E-state index in [1.165, 1.54) is 19.3 Å². The highest BCUT2D eigenvalue weighted by molar-refractivity contribution is 6.45. The van der Waals surface area contributed by atoms with Gasteiger partial charge in [0.05, 0.1) is 0 Å². The van der Waals surface area contributed by atoms with Crippen molar-refractivity contribution in [2.24, 2.45) is 0 Å². The van der Waals surface area contributed by atoms with Crippen molar-refractivity contribution < 1.29 is 5.02 Å². The molecule has 0 aromatic heterocycles. The predicted octanol–water partition coefficient (Wildman–Crippen LogP) is 0.265. The molecule has 2 aliphatic rings. The van der Waals surface area contributed by atoms with Crippen molar-refractivity contribution in [2.75, 3.05) is 20.1 Å². The highest BCUT2D eigenvalue weighted by atomic mass is 16.2. The van der Waals surface area contributed by atoms with Crippen LogP contribution < -0.4 is 0 Å². The van der Waals surface area contributed by atoms with Gasteiger partial charge in [-0.2, -0.15) is 0 Å². The molecule has 0 amide bonds. The predicted molar refractivity (Wildman–Crippen MR) is 54.6 cm³/mol. The summed E-state index contributed by atoms with van der Waals surface area (Å²) in [4.78, 5) is 4.70. The van der Waals surface area contributed by atoms with Crippen LogP contribution in [0.4, 0.5) is 0 Å². The Hall–Kier alpha value is -0.0551. The third kappa shape index (κ3) is 1.76. The van der Waals surface area contributed by atoms with Crippen LogP contribution in [-0.2, 0) is 0 Å². The van der Waals surface area contributed by atoms with Gasteiger partial charge in [0.2, 0.25) is 0 Å². The van der Waals surface area contributed by atoms with Crippen molar-refractivity contribution in [1.29, 1.82) is 0 Å². The van der Waals surface area contributed by atoms with Gasteiger partial charge in [-0.3, -0.25) is 4.90 Å². The molecule has 0 aromatic rings. The quantitative estimate of drug-likeness (QED) is 0.589. The topological polar surface area (TPSA) is 26.7 Å². The fourth-order valence-electron chi connectivity index (χ4n) is 2.67. The number of likely N-dealkylation sites (N-methyl/N-ethyl adjacent to an activating group) is 1. The van der Waals surface area contributed by atoms with Gasteiger partial charge in [0.1, 0.15) is 0 Å². The fourth-order valence-corrected chi connectivity index (χ4v) is 2.67. The van der Waals surface area contributed by atoms with E-state index in [2.05, 4.69) is 16.8 Å². The van der Waals surface area contributed by atoms with Gasteiger partial charge in [-0.05, 0) is 39.7 Å². The van der Waals surface area contributed by atoms with Gasteiger partial charge in [-0.15, -0.1) is 0 Å². The van der Waals surface area contributed by atoms with Crippen LogP contribution in [0.2, 0.25) is 6.82 Å². The van der Waals surface area contributed by atoms with Crippen molar-refractivity contribution >= 4 is 7.05 Å². The average Bonchev–Trinajstić information content (AvgIpc) is 2.25. The summed E-state index contributed by atoms with van der Waals surface area (Å²) < 4.78 is 0. The second-order valence-electron chi connectivity index (χ2n) is 4.47. The minimum atomic E-state index is -0.271. The van der Waals surface area contributed by atoms with Crippen LogP contribution in [0.1, 0.15) is 19.3 Å². The third-order valence-corrected chi connectivity index (χ3v) is 3.71. The lowest BCUT2D eigenvalue weighted by atomic mass is 9.83. The van der Waals surface area contributed by atoms with Crippen molar-refractivity contribution in [3.05, 3.63) is 0 Å². The van der Waals surface area contributed by atoms with Crippen LogP contribution in [0.25, 0.3) is 0 Å². The maximum Gasteiger partial charge on any atom is 0.376 e. The van der Waals surface area contributed by atoms with Gasteiger partial charge >= 0.3 is 7.05 Å². The standard InChI is InChI=1S/C9H19BN2O/c1-10(13)12-6-5-8-3-4-9(7-12)11(8)2/h8-9,13H,3-7H2,1-2H3. The summed E-state index contributed by atoms with van der Waals surface area (Å²) >= 11 is 0. The molecule has 4 heteroatoms. The van der Waals surface area contributed by atoms with Crippen LogP contribution >= 0.6 is 0 Å². The largest absolute Gasteiger partial charge is 0.437 e. The summed E-state index contributed by atoms with van der Waals surface area (Å²) in [5, 5.41) is 9.52. The number of hydrogen-bond acceptors (Lipinski definition) is 3. The van der Waals surface area contributed by atoms with Crippen LogP contribution in [-0.4, -0.2) is 54.0 Å². The van der Waals surface area contributed by atoms with Crippen molar-refractivity contribution in [3.8, 4) is 0 Å². The van der Waals surface area contributed by atoms with Gasteiger partial charge < -0.3 is 9.83 Å². The molecule has 2 atom stereocenters. The second kappa shape index (κ2) is 3.60. The molecule has 0 radical (unpaired) electrons. The van der Waals surface area contributed by atoms with Gasteiger partial charge in [-0.1, -0.05) is 0 Å². The Balaban J connectivity index is 2.03. The fraction of sp³-hybridized carbons (Fsp3) is 1.00. The van der Waals surface area contributed by atoms with E-state index in [1.54, 1.807) is 0 Å². The lowest BCUT2D eigenvalue weighted by molar-refractivity contribution is 0.243. The van der Waals surface area contributed by atoms with Crippen molar-refractivity contribution in [3.63, 3.8) is 0 Å². The zero-order chi connectivity index (χ0) is 9.42. The molecule has 2 aliphatic heterocycles. The molecule has 2 fully saturated rings. The summed E-state index contributed by atoms with van der Waals surface area (Å²) in [5.41, 5.74) is 0. The average molecular weight is 182 g/mol. The van der Waals surface area contributed by atoms with Gasteiger partial charge in [0, 0.05) is 18.6 Å². The molecule has 13 heavy (non-hydrogen) atoms. The molecule has 1 N–H and O–H groups in total. The molecule has 0 aliphatic carbocycles. The zero-order valence-corrected chi connectivity index (χ0v) is 8.61. The molecule has 2 heterocycles. The molecule has 0 saturated carbocycles. The molecule has 2 rings (SSSR count). The molecule has 0 spiro atoms. The van der Waals surface area contributed by atoms with E-state index >= 15 is 0 Å². The van der Waals surface area contributed by atoms with Gasteiger partial charge in [-0.25, -0.2) is 0 Å². The van der Waals surface area contributed by atoms with Crippen LogP contribution in [0.15, 0.2) is 0 Å². The zero-order valence-electron chi connectivity index (χ0n) is 8.61. The smallest absolute Gasteiger partial charge is 0.376 e. The lowest BCUT2D eigenvalue weighted by Gasteiger charge is -2.26. The summed E-state index contributed by atoms with van der Waals surface area (Å²) in [7, 11) is 1.96. The number of hydrogen-bond donors (Lipinski definition) is 1. The molecular formula is C9H19BN2O. The van der Waals surface area contributed by atoms with E-state index in [9.17, 15) is 5.02 Å². The van der Waals surface area contributed by atoms with Crippen molar-refractivity contribution in [1.82, 2.24) is 9.71 Å². The molecule has 2 saturated heterocycles. The van der Waals surface area contributed by atoms with E-state index in [0.29, 0.717) is 6.04 Å². The molecule has 3 nitrogen and oxygen atoms in total. The SMILES string of the molecule is CB(O)N1CCC2CCC(C1)N2C. The van der Waals surface area contributed by atoms with Crippen LogP contribution in [0.3, 0.4) is 0 Å². The molecule has 0 aromatic carbocycles. The molecule has 2 unspecified atom stereocenters.